The largest absolute Gasteiger partial charge is 0.480 e. The summed E-state index contributed by atoms with van der Waals surface area (Å²) in [7, 11) is 0. The molecular formula is C26H23N3O3. The molecule has 1 N–H and O–H groups in total. The van der Waals surface area contributed by atoms with Gasteiger partial charge < -0.3 is 5.11 Å². The zero-order valence-corrected chi connectivity index (χ0v) is 17.6. The summed E-state index contributed by atoms with van der Waals surface area (Å²) in [5.41, 5.74) is 3.22. The first-order chi connectivity index (χ1) is 15.5. The van der Waals surface area contributed by atoms with Crippen LogP contribution in [0.4, 0.5) is 0 Å². The predicted molar refractivity (Wildman–Crippen MR) is 124 cm³/mol. The lowest BCUT2D eigenvalue weighted by Gasteiger charge is -2.15. The highest BCUT2D eigenvalue weighted by molar-refractivity contribution is 6.12. The van der Waals surface area contributed by atoms with E-state index >= 15 is 0 Å². The molecule has 0 aliphatic rings. The molecule has 0 radical (unpaired) electrons. The van der Waals surface area contributed by atoms with Crippen molar-refractivity contribution in [2.75, 3.05) is 0 Å². The Labute approximate surface area is 185 Å². The highest BCUT2D eigenvalue weighted by Gasteiger charge is 2.25. The van der Waals surface area contributed by atoms with E-state index in [0.717, 1.165) is 16.7 Å². The number of rotatable bonds is 7. The summed E-state index contributed by atoms with van der Waals surface area (Å²) in [5.74, 6) is -1.06. The van der Waals surface area contributed by atoms with E-state index in [1.165, 1.54) is 9.24 Å². The van der Waals surface area contributed by atoms with Crippen LogP contribution >= 0.6 is 0 Å². The van der Waals surface area contributed by atoms with Crippen LogP contribution in [0.15, 0.2) is 107 Å². The summed E-state index contributed by atoms with van der Waals surface area (Å²) in [4.78, 5) is 25.4. The minimum atomic E-state index is -1.06. The van der Waals surface area contributed by atoms with Crippen molar-refractivity contribution in [1.29, 1.82) is 0 Å². The highest BCUT2D eigenvalue weighted by Crippen LogP contribution is 2.17. The van der Waals surface area contributed by atoms with E-state index in [1.54, 1.807) is 13.1 Å². The molecule has 32 heavy (non-hydrogen) atoms. The molecular weight excluding hydrogens is 402 g/mol. The van der Waals surface area contributed by atoms with Gasteiger partial charge in [0.2, 0.25) is 0 Å². The monoisotopic (exact) mass is 425 g/mol. The van der Waals surface area contributed by atoms with Crippen LogP contribution in [0.1, 0.15) is 28.4 Å². The van der Waals surface area contributed by atoms with E-state index in [9.17, 15) is 14.7 Å². The number of hydrogen-bond acceptors (Lipinski definition) is 3. The zero-order chi connectivity index (χ0) is 22.5. The summed E-state index contributed by atoms with van der Waals surface area (Å²) in [6.45, 7) is 1.72. The molecule has 0 amide bonds. The Morgan fingerprint density at radius 2 is 1.38 bits per heavy atom. The number of carboxylic acids is 1. The van der Waals surface area contributed by atoms with E-state index < -0.39 is 17.7 Å². The van der Waals surface area contributed by atoms with Crippen LogP contribution in [-0.2, 0) is 11.2 Å². The number of imidazole rings is 1. The van der Waals surface area contributed by atoms with Gasteiger partial charge in [0, 0.05) is 23.2 Å². The van der Waals surface area contributed by atoms with E-state index in [2.05, 4.69) is 5.10 Å². The third-order valence-electron chi connectivity index (χ3n) is 5.26. The van der Waals surface area contributed by atoms with Crippen molar-refractivity contribution in [3.8, 4) is 0 Å². The van der Waals surface area contributed by atoms with E-state index in [4.69, 9.17) is 0 Å². The third kappa shape index (κ3) is 4.44. The van der Waals surface area contributed by atoms with Crippen LogP contribution < -0.4 is 5.69 Å². The molecule has 1 heterocycles. The first-order valence-electron chi connectivity index (χ1n) is 10.3. The van der Waals surface area contributed by atoms with Gasteiger partial charge in [-0.25, -0.2) is 9.59 Å². The van der Waals surface area contributed by atoms with Gasteiger partial charge in [-0.1, -0.05) is 91.0 Å². The summed E-state index contributed by atoms with van der Waals surface area (Å²) in [6.07, 6.45) is 1.78. The van der Waals surface area contributed by atoms with Crippen molar-refractivity contribution in [2.45, 2.75) is 19.4 Å². The van der Waals surface area contributed by atoms with Crippen LogP contribution in [0.25, 0.3) is 0 Å². The fourth-order valence-corrected chi connectivity index (χ4v) is 3.71. The van der Waals surface area contributed by atoms with Crippen molar-refractivity contribution in [3.05, 3.63) is 130 Å². The fourth-order valence-electron chi connectivity index (χ4n) is 3.71. The lowest BCUT2D eigenvalue weighted by Crippen LogP contribution is -2.32. The molecule has 0 unspecified atom stereocenters. The van der Waals surface area contributed by atoms with Crippen molar-refractivity contribution >= 4 is 11.7 Å². The average Bonchev–Trinajstić information content (AvgIpc) is 3.10. The molecule has 6 heteroatoms. The van der Waals surface area contributed by atoms with Crippen molar-refractivity contribution in [2.24, 2.45) is 5.10 Å². The number of carboxylic acid groups (broad SMARTS) is 1. The van der Waals surface area contributed by atoms with Gasteiger partial charge in [0.15, 0.2) is 0 Å². The summed E-state index contributed by atoms with van der Waals surface area (Å²) >= 11 is 0. The van der Waals surface area contributed by atoms with Crippen LogP contribution in [0.2, 0.25) is 0 Å². The molecule has 0 aliphatic carbocycles. The molecule has 1 atom stereocenters. The normalized spacial score (nSPS) is 11.7. The maximum atomic E-state index is 13.3. The number of aliphatic carboxylic acids is 1. The van der Waals surface area contributed by atoms with Crippen LogP contribution in [0, 0.1) is 6.92 Å². The smallest absolute Gasteiger partial charge is 0.349 e. The Bertz CT molecular complexity index is 1250. The Morgan fingerprint density at radius 1 is 0.875 bits per heavy atom. The predicted octanol–water partition coefficient (Wildman–Crippen LogP) is 4.13. The number of aryl methyl sites for hydroxylation is 1. The molecule has 1 aromatic heterocycles. The van der Waals surface area contributed by atoms with Crippen molar-refractivity contribution < 1.29 is 9.90 Å². The van der Waals surface area contributed by atoms with Crippen LogP contribution in [0.5, 0.6) is 0 Å². The molecule has 0 bridgehead atoms. The molecule has 0 saturated carbocycles. The third-order valence-corrected chi connectivity index (χ3v) is 5.26. The van der Waals surface area contributed by atoms with Gasteiger partial charge in [0.1, 0.15) is 6.04 Å². The molecule has 0 aliphatic heterocycles. The number of hydrogen-bond donors (Lipinski definition) is 1. The van der Waals surface area contributed by atoms with E-state index in [0.29, 0.717) is 11.4 Å². The number of aromatic nitrogens is 2. The average molecular weight is 425 g/mol. The first-order valence-corrected chi connectivity index (χ1v) is 10.3. The van der Waals surface area contributed by atoms with Gasteiger partial charge in [0.25, 0.3) is 0 Å². The molecule has 4 aromatic rings. The number of benzene rings is 3. The first kappa shape index (κ1) is 21.1. The van der Waals surface area contributed by atoms with Crippen LogP contribution in [0.3, 0.4) is 0 Å². The topological polar surface area (TPSA) is 76.6 Å². The molecule has 3 aromatic carbocycles. The second kappa shape index (κ2) is 9.31. The summed E-state index contributed by atoms with van der Waals surface area (Å²) < 4.78 is 2.53. The Morgan fingerprint density at radius 3 is 1.88 bits per heavy atom. The van der Waals surface area contributed by atoms with Gasteiger partial charge in [-0.05, 0) is 12.5 Å². The standard InChI is InChI=1S/C26H23N3O3/c1-19-18-28(26(32)29(19)23(25(30)31)17-20-11-5-2-6-12-20)27-24(21-13-7-3-8-14-21)22-15-9-4-10-16-22/h2-16,18,23H,17H2,1H3,(H,30,31)/t23-/m1/s1. The molecule has 4 rings (SSSR count). The number of carbonyl (C=O) groups is 1. The molecule has 6 nitrogen and oxygen atoms in total. The maximum Gasteiger partial charge on any atom is 0.349 e. The van der Waals surface area contributed by atoms with Gasteiger partial charge in [-0.3, -0.25) is 4.57 Å². The Kier molecular flexibility index (Phi) is 6.12. The van der Waals surface area contributed by atoms with E-state index in [-0.39, 0.29) is 6.42 Å². The Hall–Kier alpha value is -4.19. The summed E-state index contributed by atoms with van der Waals surface area (Å²) in [6, 6.07) is 27.4. The fraction of sp³-hybridized carbons (Fsp3) is 0.115. The Balaban J connectivity index is 1.81. The molecule has 160 valence electrons. The minimum absolute atomic E-state index is 0.203. The molecule has 0 fully saturated rings. The molecule has 0 spiro atoms. The van der Waals surface area contributed by atoms with Gasteiger partial charge in [0.05, 0.1) is 11.9 Å². The second-order valence-corrected chi connectivity index (χ2v) is 7.49. The van der Waals surface area contributed by atoms with Gasteiger partial charge >= 0.3 is 11.7 Å². The van der Waals surface area contributed by atoms with Gasteiger partial charge in [-0.2, -0.15) is 9.78 Å². The second-order valence-electron chi connectivity index (χ2n) is 7.49. The zero-order valence-electron chi connectivity index (χ0n) is 17.6. The quantitative estimate of drug-likeness (QED) is 0.453. The van der Waals surface area contributed by atoms with Gasteiger partial charge in [-0.15, -0.1) is 0 Å². The lowest BCUT2D eigenvalue weighted by atomic mass is 10.0. The van der Waals surface area contributed by atoms with Crippen molar-refractivity contribution in [3.63, 3.8) is 0 Å². The molecule has 0 saturated heterocycles. The highest BCUT2D eigenvalue weighted by atomic mass is 16.4. The summed E-state index contributed by atoms with van der Waals surface area (Å²) in [5, 5.41) is 14.5. The minimum Gasteiger partial charge on any atom is -0.480 e. The lowest BCUT2D eigenvalue weighted by molar-refractivity contribution is -0.141. The maximum absolute atomic E-state index is 13.3. The number of nitrogens with zero attached hydrogens (tertiary/aromatic N) is 3. The van der Waals surface area contributed by atoms with Crippen molar-refractivity contribution in [1.82, 2.24) is 9.24 Å². The SMILES string of the molecule is Cc1cn(N=C(c2ccccc2)c2ccccc2)c(=O)n1[C@H](Cc1ccccc1)C(=O)O. The van der Waals surface area contributed by atoms with E-state index in [1.807, 2.05) is 91.0 Å². The van der Waals surface area contributed by atoms with Crippen LogP contribution in [-0.4, -0.2) is 26.0 Å².